The maximum Gasteiger partial charge on any atom is 0.319 e. The number of nitrogens with zero attached hydrogens (tertiary/aromatic N) is 1. The third-order valence-corrected chi connectivity index (χ3v) is 3.14. The van der Waals surface area contributed by atoms with Gasteiger partial charge in [-0.1, -0.05) is 0 Å². The molecule has 0 heterocycles. The SMILES string of the molecule is CCOC(=O)C(C)(C)C(=O)CN(CCOC)C(C)C. The smallest absolute Gasteiger partial charge is 0.319 e. The molecular weight excluding hydrogens is 246 g/mol. The largest absolute Gasteiger partial charge is 0.465 e. The van der Waals surface area contributed by atoms with Gasteiger partial charge in [-0.15, -0.1) is 0 Å². The van der Waals surface area contributed by atoms with Gasteiger partial charge in [0.2, 0.25) is 0 Å². The van der Waals surface area contributed by atoms with Crippen LogP contribution in [0.15, 0.2) is 0 Å². The van der Waals surface area contributed by atoms with Gasteiger partial charge in [0, 0.05) is 19.7 Å². The Kier molecular flexibility index (Phi) is 7.87. The van der Waals surface area contributed by atoms with E-state index in [4.69, 9.17) is 9.47 Å². The van der Waals surface area contributed by atoms with Gasteiger partial charge in [0.15, 0.2) is 5.78 Å². The van der Waals surface area contributed by atoms with Gasteiger partial charge >= 0.3 is 5.97 Å². The first-order chi connectivity index (χ1) is 8.77. The Morgan fingerprint density at radius 1 is 1.26 bits per heavy atom. The third-order valence-electron chi connectivity index (χ3n) is 3.14. The van der Waals surface area contributed by atoms with E-state index in [9.17, 15) is 9.59 Å². The summed E-state index contributed by atoms with van der Waals surface area (Å²) in [5.74, 6) is -0.591. The number of ether oxygens (including phenoxy) is 2. The Hall–Kier alpha value is -0.940. The van der Waals surface area contributed by atoms with E-state index in [1.165, 1.54) is 0 Å². The summed E-state index contributed by atoms with van der Waals surface area (Å²) < 4.78 is 9.98. The van der Waals surface area contributed by atoms with Crippen LogP contribution in [-0.2, 0) is 19.1 Å². The Morgan fingerprint density at radius 3 is 2.26 bits per heavy atom. The molecule has 0 aliphatic carbocycles. The highest BCUT2D eigenvalue weighted by Crippen LogP contribution is 2.20. The van der Waals surface area contributed by atoms with Gasteiger partial charge in [0.25, 0.3) is 0 Å². The summed E-state index contributed by atoms with van der Waals surface area (Å²) in [6, 6.07) is 0.220. The highest BCUT2D eigenvalue weighted by Gasteiger charge is 2.38. The molecule has 0 bridgehead atoms. The second-order valence-corrected chi connectivity index (χ2v) is 5.33. The van der Waals surface area contributed by atoms with Crippen molar-refractivity contribution in [3.8, 4) is 0 Å². The van der Waals surface area contributed by atoms with Crippen LogP contribution in [-0.4, -0.2) is 56.1 Å². The quantitative estimate of drug-likeness (QED) is 0.471. The molecular formula is C14H27NO4. The standard InChI is InChI=1S/C14H27NO4/c1-7-19-13(17)14(4,5)12(16)10-15(11(2)3)8-9-18-6/h11H,7-10H2,1-6H3. The molecule has 5 heteroatoms. The zero-order chi connectivity index (χ0) is 15.1. The van der Waals surface area contributed by atoms with Crippen molar-refractivity contribution in [2.75, 3.05) is 33.4 Å². The molecule has 0 aliphatic heterocycles. The summed E-state index contributed by atoms with van der Waals surface area (Å²) in [7, 11) is 1.63. The first-order valence-corrected chi connectivity index (χ1v) is 6.70. The van der Waals surface area contributed by atoms with Gasteiger partial charge in [-0.05, 0) is 34.6 Å². The van der Waals surface area contributed by atoms with Gasteiger partial charge in [0.1, 0.15) is 5.41 Å². The minimum absolute atomic E-state index is 0.129. The highest BCUT2D eigenvalue weighted by atomic mass is 16.5. The predicted molar refractivity (Wildman–Crippen MR) is 74.0 cm³/mol. The summed E-state index contributed by atoms with van der Waals surface area (Å²) in [6.45, 7) is 10.7. The van der Waals surface area contributed by atoms with Crippen molar-refractivity contribution in [2.45, 2.75) is 40.7 Å². The molecule has 0 N–H and O–H groups in total. The highest BCUT2D eigenvalue weighted by molar-refractivity contribution is 6.03. The number of rotatable bonds is 9. The van der Waals surface area contributed by atoms with Gasteiger partial charge in [0.05, 0.1) is 19.8 Å². The van der Waals surface area contributed by atoms with Gasteiger partial charge in [-0.2, -0.15) is 0 Å². The lowest BCUT2D eigenvalue weighted by molar-refractivity contribution is -0.158. The summed E-state index contributed by atoms with van der Waals surface area (Å²) >= 11 is 0. The third kappa shape index (κ3) is 5.70. The second-order valence-electron chi connectivity index (χ2n) is 5.33. The number of methoxy groups -OCH3 is 1. The molecule has 0 saturated carbocycles. The number of carbonyl (C=O) groups is 2. The maximum absolute atomic E-state index is 12.3. The summed E-state index contributed by atoms with van der Waals surface area (Å²) in [4.78, 5) is 26.1. The minimum atomic E-state index is -1.10. The van der Waals surface area contributed by atoms with Crippen LogP contribution >= 0.6 is 0 Å². The molecule has 19 heavy (non-hydrogen) atoms. The average Bonchev–Trinajstić information content (AvgIpc) is 2.33. The molecule has 0 aromatic heterocycles. The molecule has 0 aromatic carbocycles. The van der Waals surface area contributed by atoms with E-state index in [2.05, 4.69) is 0 Å². The number of hydrogen-bond donors (Lipinski definition) is 0. The Labute approximate surface area is 116 Å². The van der Waals surface area contributed by atoms with Crippen LogP contribution in [0.3, 0.4) is 0 Å². The molecule has 0 fully saturated rings. The van der Waals surface area contributed by atoms with Crippen LogP contribution in [0.2, 0.25) is 0 Å². The fraction of sp³-hybridized carbons (Fsp3) is 0.857. The summed E-state index contributed by atoms with van der Waals surface area (Å²) in [5, 5.41) is 0. The molecule has 0 spiro atoms. The van der Waals surface area contributed by atoms with Gasteiger partial charge in [-0.3, -0.25) is 14.5 Å². The Balaban J connectivity index is 4.65. The van der Waals surface area contributed by atoms with Gasteiger partial charge in [-0.25, -0.2) is 0 Å². The average molecular weight is 273 g/mol. The molecule has 0 radical (unpaired) electrons. The van der Waals surface area contributed by atoms with Crippen molar-refractivity contribution < 1.29 is 19.1 Å². The van der Waals surface area contributed by atoms with Crippen LogP contribution in [0.4, 0.5) is 0 Å². The van der Waals surface area contributed by atoms with Crippen molar-refractivity contribution in [1.82, 2.24) is 4.90 Å². The zero-order valence-electron chi connectivity index (χ0n) is 13.0. The van der Waals surface area contributed by atoms with E-state index in [1.54, 1.807) is 27.9 Å². The van der Waals surface area contributed by atoms with Crippen LogP contribution < -0.4 is 0 Å². The molecule has 0 rings (SSSR count). The Bertz CT molecular complexity index is 300. The van der Waals surface area contributed by atoms with E-state index in [-0.39, 0.29) is 25.0 Å². The van der Waals surface area contributed by atoms with Crippen LogP contribution in [0.25, 0.3) is 0 Å². The van der Waals surface area contributed by atoms with Crippen molar-refractivity contribution >= 4 is 11.8 Å². The maximum atomic E-state index is 12.3. The first kappa shape index (κ1) is 18.1. The van der Waals surface area contributed by atoms with Crippen LogP contribution in [0.1, 0.15) is 34.6 Å². The number of Topliss-reactive ketones (excluding diaryl/α,β-unsaturated/α-hetero) is 1. The molecule has 0 aliphatic rings. The van der Waals surface area contributed by atoms with Crippen molar-refractivity contribution in [3.05, 3.63) is 0 Å². The van der Waals surface area contributed by atoms with Crippen LogP contribution in [0.5, 0.6) is 0 Å². The van der Waals surface area contributed by atoms with E-state index in [0.717, 1.165) is 0 Å². The zero-order valence-corrected chi connectivity index (χ0v) is 13.0. The lowest BCUT2D eigenvalue weighted by Crippen LogP contribution is -2.45. The van der Waals surface area contributed by atoms with E-state index in [0.29, 0.717) is 13.2 Å². The minimum Gasteiger partial charge on any atom is -0.465 e. The van der Waals surface area contributed by atoms with Crippen molar-refractivity contribution in [1.29, 1.82) is 0 Å². The number of esters is 1. The second kappa shape index (κ2) is 8.27. The summed E-state index contributed by atoms with van der Waals surface area (Å²) in [5.41, 5.74) is -1.10. The number of hydrogen-bond acceptors (Lipinski definition) is 5. The molecule has 0 amide bonds. The fourth-order valence-electron chi connectivity index (χ4n) is 1.54. The molecule has 5 nitrogen and oxygen atoms in total. The van der Waals surface area contributed by atoms with Crippen molar-refractivity contribution in [2.24, 2.45) is 5.41 Å². The van der Waals surface area contributed by atoms with Gasteiger partial charge < -0.3 is 9.47 Å². The van der Waals surface area contributed by atoms with E-state index in [1.807, 2.05) is 18.7 Å². The van der Waals surface area contributed by atoms with E-state index >= 15 is 0 Å². The van der Waals surface area contributed by atoms with Crippen LogP contribution in [0, 0.1) is 5.41 Å². The molecule has 0 aromatic rings. The normalized spacial score (nSPS) is 12.0. The number of ketones is 1. The topological polar surface area (TPSA) is 55.8 Å². The molecule has 112 valence electrons. The Morgan fingerprint density at radius 2 is 1.84 bits per heavy atom. The van der Waals surface area contributed by atoms with E-state index < -0.39 is 11.4 Å². The first-order valence-electron chi connectivity index (χ1n) is 6.70. The lowest BCUT2D eigenvalue weighted by atomic mass is 9.87. The number of carbonyl (C=O) groups excluding carboxylic acids is 2. The monoisotopic (exact) mass is 273 g/mol. The van der Waals surface area contributed by atoms with Crippen molar-refractivity contribution in [3.63, 3.8) is 0 Å². The molecule has 0 atom stereocenters. The molecule has 0 unspecified atom stereocenters. The lowest BCUT2D eigenvalue weighted by Gasteiger charge is -2.29. The summed E-state index contributed by atoms with van der Waals surface area (Å²) in [6.07, 6.45) is 0. The predicted octanol–water partition coefficient (Wildman–Crippen LogP) is 1.50. The fourth-order valence-corrected chi connectivity index (χ4v) is 1.54. The molecule has 0 saturated heterocycles.